The molecule has 10 nitrogen and oxygen atoms in total. The van der Waals surface area contributed by atoms with Crippen molar-refractivity contribution in [2.75, 3.05) is 47.2 Å². The first kappa shape index (κ1) is 25.9. The maximum Gasteiger partial charge on any atom is 0.233 e. The summed E-state index contributed by atoms with van der Waals surface area (Å²) in [6.45, 7) is 2.02. The molecule has 0 aliphatic rings. The van der Waals surface area contributed by atoms with E-state index in [0.29, 0.717) is 32.7 Å². The van der Waals surface area contributed by atoms with Crippen molar-refractivity contribution in [1.29, 1.82) is 2.67 Å². The van der Waals surface area contributed by atoms with Crippen LogP contribution in [0.3, 0.4) is 0 Å². The molecule has 178 valence electrons. The van der Waals surface area contributed by atoms with Gasteiger partial charge in [0.1, 0.15) is 0 Å². The Balaban J connectivity index is 0.00000207. The molecule has 8 N–H and O–H groups in total. The fourth-order valence-corrected chi connectivity index (χ4v) is 2.57. The van der Waals surface area contributed by atoms with E-state index in [2.05, 4.69) is 41.5 Å². The standard InChI is InChI=1S/C20H26N8O.BH2.H2O.Tm/c1-13(29)12-23-18-26-19(24-16-8-4-6-14(10-16)21-2)28-20(27-18)25-17-9-5-7-15(11-17)22-3;;;/h4-11,13,21-22,29H,12H2,1-3H3,(H3,23,24,25,26,27,28);2*1H2;/i;1TD;;. The number of rotatable bonds is 9. The summed E-state index contributed by atoms with van der Waals surface area (Å²) in [6.07, 6.45) is -0.529. The third-order valence-corrected chi connectivity index (χ3v) is 4.01. The number of benzene rings is 2. The third kappa shape index (κ3) is 9.04. The fourth-order valence-electron chi connectivity index (χ4n) is 2.57. The first-order valence-corrected chi connectivity index (χ1v) is 9.33. The molecule has 0 saturated heterocycles. The van der Waals surface area contributed by atoms with Crippen molar-refractivity contribution in [1.82, 2.24) is 15.0 Å². The van der Waals surface area contributed by atoms with Gasteiger partial charge in [0.15, 0.2) is 0 Å². The largest absolute Gasteiger partial charge is 0.412 e. The summed E-state index contributed by atoms with van der Waals surface area (Å²) >= 11 is 0. The summed E-state index contributed by atoms with van der Waals surface area (Å²) in [6, 6.07) is 15.6. The molecule has 1 aromatic heterocycles. The summed E-state index contributed by atoms with van der Waals surface area (Å²) < 4.78 is 11.5. The molecular weight excluding hydrogens is 564 g/mol. The number of hydrogen-bond acceptors (Lipinski definition) is 9. The van der Waals surface area contributed by atoms with Crippen LogP contribution in [-0.4, -0.2) is 63.3 Å². The second-order valence-corrected chi connectivity index (χ2v) is 6.45. The van der Waals surface area contributed by atoms with Crippen molar-refractivity contribution < 1.29 is 47.5 Å². The monoisotopic (exact) mass is 597 g/mol. The maximum absolute atomic E-state index is 9.56. The normalized spacial score (nSPS) is 10.9. The Morgan fingerprint density at radius 2 is 1.34 bits per heavy atom. The second kappa shape index (κ2) is 14.7. The van der Waals surface area contributed by atoms with Crippen molar-refractivity contribution >= 4 is 48.9 Å². The Hall–Kier alpha value is -2.33. The van der Waals surface area contributed by atoms with Crippen molar-refractivity contribution in [2.24, 2.45) is 0 Å². The van der Waals surface area contributed by atoms with Gasteiger partial charge in [0.25, 0.3) is 0 Å². The number of aromatic nitrogens is 3. The quantitative estimate of drug-likeness (QED) is 0.202. The van der Waals surface area contributed by atoms with Crippen molar-refractivity contribution in [3.05, 3.63) is 48.5 Å². The molecule has 0 bridgehead atoms. The molecule has 0 amide bonds. The molecule has 1 heterocycles. The van der Waals surface area contributed by atoms with E-state index in [4.69, 9.17) is 2.67 Å². The van der Waals surface area contributed by atoms with E-state index >= 15 is 0 Å². The van der Waals surface area contributed by atoms with Crippen LogP contribution in [0.15, 0.2) is 48.5 Å². The Labute approximate surface area is 221 Å². The molecule has 3 rings (SSSR count). The van der Waals surface area contributed by atoms with Crippen LogP contribution in [0.5, 0.6) is 0 Å². The number of nitrogens with zero attached hydrogens (tertiary/aromatic N) is 3. The molecule has 1 unspecified atom stereocenters. The van der Waals surface area contributed by atoms with Gasteiger partial charge >= 0.3 is 0 Å². The van der Waals surface area contributed by atoms with E-state index in [-0.39, 0.29) is 42.4 Å². The van der Waals surface area contributed by atoms with Crippen LogP contribution in [0.2, 0.25) is 0 Å². The summed E-state index contributed by atoms with van der Waals surface area (Å²) in [5, 5.41) is 25.2. The zero-order valence-corrected chi connectivity index (χ0v) is 19.8. The molecule has 0 fully saturated rings. The summed E-state index contributed by atoms with van der Waals surface area (Å²) in [4.78, 5) is 13.3. The van der Waals surface area contributed by atoms with E-state index in [1.165, 1.54) is 0 Å². The van der Waals surface area contributed by atoms with E-state index < -0.39 is 6.10 Å². The first-order valence-electron chi connectivity index (χ1n) is 10.5. The van der Waals surface area contributed by atoms with Gasteiger partial charge in [0.2, 0.25) is 17.8 Å². The third-order valence-electron chi connectivity index (χ3n) is 4.01. The molecule has 1 atom stereocenters. The topological polar surface area (TPSA) is 151 Å². The SMILES string of the molecule is CNc1cccc(Nc2nc(NCC(C)O)nc(Nc3cccc(NC)c3)n2)c1.O.[2H][B][3H].[Tm]. The number of anilines is 7. The molecule has 0 aliphatic carbocycles. The van der Waals surface area contributed by atoms with Gasteiger partial charge in [-0.25, -0.2) is 0 Å². The zero-order chi connectivity index (χ0) is 23.3. The number of aliphatic hydroxyl groups is 1. The maximum atomic E-state index is 9.56. The number of hydrogen-bond donors (Lipinski definition) is 6. The number of nitrogens with one attached hydrogen (secondary N) is 5. The summed E-state index contributed by atoms with van der Waals surface area (Å²) in [5.41, 5.74) is 3.62. The van der Waals surface area contributed by atoms with Gasteiger partial charge in [-0.3, -0.25) is 0 Å². The van der Waals surface area contributed by atoms with E-state index in [1.54, 1.807) is 6.92 Å². The van der Waals surface area contributed by atoms with Gasteiger partial charge in [0, 0.05) is 80.3 Å². The average molecular weight is 597 g/mol. The molecule has 32 heavy (non-hydrogen) atoms. The van der Waals surface area contributed by atoms with Gasteiger partial charge in [-0.1, -0.05) is 12.1 Å². The van der Waals surface area contributed by atoms with Crippen molar-refractivity contribution in [3.63, 3.8) is 0 Å². The van der Waals surface area contributed by atoms with Crippen LogP contribution in [-0.2, 0) is 0 Å². The van der Waals surface area contributed by atoms with Crippen LogP contribution in [0.1, 0.15) is 6.92 Å². The van der Waals surface area contributed by atoms with E-state index in [1.807, 2.05) is 62.6 Å². The summed E-state index contributed by atoms with van der Waals surface area (Å²) in [7, 11) is 4.23. The van der Waals surface area contributed by atoms with Gasteiger partial charge < -0.3 is 37.2 Å². The molecule has 2 aromatic carbocycles. The van der Waals surface area contributed by atoms with E-state index in [9.17, 15) is 5.11 Å². The first-order chi connectivity index (χ1) is 15.5. The van der Waals surface area contributed by atoms with Crippen LogP contribution in [0.4, 0.5) is 40.6 Å². The smallest absolute Gasteiger partial charge is 0.233 e. The van der Waals surface area contributed by atoms with Crippen LogP contribution in [0, 0.1) is 36.9 Å². The zero-order valence-electron chi connectivity index (χ0n) is 20.0. The van der Waals surface area contributed by atoms with Gasteiger partial charge in [-0.2, -0.15) is 15.0 Å². The molecule has 3 aromatic rings. The van der Waals surface area contributed by atoms with E-state index in [0.717, 1.165) is 22.7 Å². The van der Waals surface area contributed by atoms with Crippen molar-refractivity contribution in [2.45, 2.75) is 13.0 Å². The minimum atomic E-state index is -0.529. The minimum Gasteiger partial charge on any atom is -0.412 e. The minimum absolute atomic E-state index is 0. The predicted molar refractivity (Wildman–Crippen MR) is 131 cm³/mol. The Morgan fingerprint density at radius 1 is 0.938 bits per heavy atom. The van der Waals surface area contributed by atoms with Gasteiger partial charge in [-0.15, -0.1) is 0 Å². The van der Waals surface area contributed by atoms with Crippen molar-refractivity contribution in [3.8, 4) is 0 Å². The van der Waals surface area contributed by atoms with Gasteiger partial charge in [-0.05, 0) is 46.0 Å². The molecular formula is C20H30BN8O2Tm. The fraction of sp³-hybridized carbons (Fsp3) is 0.250. The Kier molecular flexibility index (Phi) is 11.9. The molecule has 2 radical (unpaired) electrons. The number of aliphatic hydroxyl groups excluding tert-OH is 1. The molecule has 12 heteroatoms. The molecule has 0 spiro atoms. The van der Waals surface area contributed by atoms with Crippen LogP contribution >= 0.6 is 0 Å². The summed E-state index contributed by atoms with van der Waals surface area (Å²) in [5.74, 6) is 1.13. The second-order valence-electron chi connectivity index (χ2n) is 6.45. The molecule has 0 saturated carbocycles. The molecule has 0 aliphatic heterocycles. The Bertz CT molecular complexity index is 923. The predicted octanol–water partition coefficient (Wildman–Crippen LogP) is 1.49. The van der Waals surface area contributed by atoms with Crippen LogP contribution in [0.25, 0.3) is 0 Å². The average Bonchev–Trinajstić information content (AvgIpc) is 2.78. The Morgan fingerprint density at radius 3 is 1.75 bits per heavy atom. The van der Waals surface area contributed by atoms with Gasteiger partial charge in [0.05, 0.1) is 14.4 Å². The van der Waals surface area contributed by atoms with Crippen LogP contribution < -0.4 is 26.6 Å².